The minimum absolute atomic E-state index is 0.0806. The van der Waals surface area contributed by atoms with Crippen LogP contribution < -0.4 is 5.43 Å². The first-order valence-electron chi connectivity index (χ1n) is 6.58. The molecule has 0 amide bonds. The highest BCUT2D eigenvalue weighted by Crippen LogP contribution is 2.23. The van der Waals surface area contributed by atoms with E-state index in [4.69, 9.17) is 11.6 Å². The number of methoxy groups -OCH3 is 1. The number of nitrogens with zero attached hydrogens (tertiary/aromatic N) is 1. The number of hydrogen-bond donors (Lipinski definition) is 0. The molecule has 0 atom stereocenters. The maximum atomic E-state index is 12.2. The van der Waals surface area contributed by atoms with Crippen LogP contribution in [0.5, 0.6) is 0 Å². The van der Waals surface area contributed by atoms with Crippen LogP contribution >= 0.6 is 11.6 Å². The van der Waals surface area contributed by atoms with E-state index in [0.29, 0.717) is 17.3 Å². The summed E-state index contributed by atoms with van der Waals surface area (Å²) in [7, 11) is 1.27. The third-order valence-electron chi connectivity index (χ3n) is 3.42. The van der Waals surface area contributed by atoms with E-state index >= 15 is 0 Å². The lowest BCUT2D eigenvalue weighted by molar-refractivity contribution is 0.0597. The van der Waals surface area contributed by atoms with Gasteiger partial charge in [-0.05, 0) is 31.5 Å². The van der Waals surface area contributed by atoms with Crippen LogP contribution in [0, 0.1) is 6.92 Å². The fraction of sp³-hybridized carbons (Fsp3) is 0.250. The van der Waals surface area contributed by atoms with Gasteiger partial charge in [0.2, 0.25) is 0 Å². The van der Waals surface area contributed by atoms with Crippen molar-refractivity contribution in [2.45, 2.75) is 20.4 Å². The van der Waals surface area contributed by atoms with E-state index in [0.717, 1.165) is 11.3 Å². The molecule has 1 aromatic heterocycles. The van der Waals surface area contributed by atoms with Crippen LogP contribution in [-0.2, 0) is 11.3 Å². The van der Waals surface area contributed by atoms with E-state index in [1.807, 2.05) is 23.6 Å². The first-order valence-corrected chi connectivity index (χ1v) is 6.96. The van der Waals surface area contributed by atoms with Gasteiger partial charge in [-0.3, -0.25) is 4.79 Å². The summed E-state index contributed by atoms with van der Waals surface area (Å²) in [6.07, 6.45) is 0. The van der Waals surface area contributed by atoms with Crippen LogP contribution in [0.25, 0.3) is 11.3 Å². The minimum atomic E-state index is -0.609. The van der Waals surface area contributed by atoms with E-state index in [-0.39, 0.29) is 11.0 Å². The normalized spacial score (nSPS) is 10.5. The summed E-state index contributed by atoms with van der Waals surface area (Å²) >= 11 is 5.89. The largest absolute Gasteiger partial charge is 0.465 e. The van der Waals surface area contributed by atoms with Gasteiger partial charge in [-0.1, -0.05) is 23.7 Å². The first-order chi connectivity index (χ1) is 9.99. The number of halogens is 1. The lowest BCUT2D eigenvalue weighted by Crippen LogP contribution is -2.23. The molecular formula is C16H16ClNO3. The highest BCUT2D eigenvalue weighted by Gasteiger charge is 2.19. The molecule has 110 valence electrons. The van der Waals surface area contributed by atoms with Crippen molar-refractivity contribution in [3.8, 4) is 11.3 Å². The number of benzene rings is 1. The topological polar surface area (TPSA) is 48.3 Å². The predicted molar refractivity (Wildman–Crippen MR) is 82.9 cm³/mol. The molecule has 4 nitrogen and oxygen atoms in total. The molecule has 21 heavy (non-hydrogen) atoms. The summed E-state index contributed by atoms with van der Waals surface area (Å²) in [5.41, 5.74) is 1.97. The van der Waals surface area contributed by atoms with Gasteiger partial charge in [-0.25, -0.2) is 4.79 Å². The van der Waals surface area contributed by atoms with Crippen molar-refractivity contribution in [3.05, 3.63) is 56.8 Å². The van der Waals surface area contributed by atoms with Crippen molar-refractivity contribution < 1.29 is 9.53 Å². The molecule has 0 saturated carbocycles. The van der Waals surface area contributed by atoms with Gasteiger partial charge in [0.15, 0.2) is 5.43 Å². The molecule has 0 unspecified atom stereocenters. The summed E-state index contributed by atoms with van der Waals surface area (Å²) in [6.45, 7) is 4.34. The Hall–Kier alpha value is -2.07. The quantitative estimate of drug-likeness (QED) is 0.818. The Morgan fingerprint density at radius 1 is 1.29 bits per heavy atom. The van der Waals surface area contributed by atoms with Gasteiger partial charge in [0.25, 0.3) is 0 Å². The molecule has 0 fully saturated rings. The Morgan fingerprint density at radius 2 is 1.90 bits per heavy atom. The Bertz CT molecular complexity index is 732. The van der Waals surface area contributed by atoms with E-state index < -0.39 is 5.97 Å². The molecule has 1 aromatic carbocycles. The zero-order chi connectivity index (χ0) is 15.6. The van der Waals surface area contributed by atoms with Crippen molar-refractivity contribution in [2.24, 2.45) is 0 Å². The third-order valence-corrected chi connectivity index (χ3v) is 3.67. The average Bonchev–Trinajstić information content (AvgIpc) is 2.47. The van der Waals surface area contributed by atoms with Crippen LogP contribution in [0.3, 0.4) is 0 Å². The smallest absolute Gasteiger partial charge is 0.343 e. The number of carbonyl (C=O) groups is 1. The van der Waals surface area contributed by atoms with Crippen molar-refractivity contribution in [3.63, 3.8) is 0 Å². The molecule has 0 spiro atoms. The van der Waals surface area contributed by atoms with Crippen molar-refractivity contribution in [2.75, 3.05) is 7.11 Å². The standard InChI is InChI=1S/C16H16ClNO3/c1-4-18-10(2)15(16(20)21-3)14(19)9-13(18)11-5-7-12(17)8-6-11/h5-9H,4H2,1-3H3. The van der Waals surface area contributed by atoms with Gasteiger partial charge in [0.1, 0.15) is 5.56 Å². The number of hydrogen-bond acceptors (Lipinski definition) is 3. The monoisotopic (exact) mass is 305 g/mol. The van der Waals surface area contributed by atoms with Gasteiger partial charge in [0, 0.05) is 23.3 Å². The highest BCUT2D eigenvalue weighted by atomic mass is 35.5. The predicted octanol–water partition coefficient (Wildman–Crippen LogP) is 3.28. The summed E-state index contributed by atoms with van der Waals surface area (Å²) in [5, 5.41) is 0.632. The second-order valence-electron chi connectivity index (χ2n) is 4.60. The van der Waals surface area contributed by atoms with Gasteiger partial charge < -0.3 is 9.30 Å². The van der Waals surface area contributed by atoms with E-state index in [9.17, 15) is 9.59 Å². The number of esters is 1. The van der Waals surface area contributed by atoms with Gasteiger partial charge in [-0.15, -0.1) is 0 Å². The van der Waals surface area contributed by atoms with Crippen LogP contribution in [0.2, 0.25) is 5.02 Å². The van der Waals surface area contributed by atoms with Crippen LogP contribution in [0.4, 0.5) is 0 Å². The number of aromatic nitrogens is 1. The maximum absolute atomic E-state index is 12.2. The molecule has 5 heteroatoms. The Labute approximate surface area is 127 Å². The SMILES string of the molecule is CCn1c(-c2ccc(Cl)cc2)cc(=O)c(C(=O)OC)c1C. The van der Waals surface area contributed by atoms with E-state index in [1.54, 1.807) is 19.1 Å². The minimum Gasteiger partial charge on any atom is -0.465 e. The molecule has 0 aliphatic carbocycles. The zero-order valence-electron chi connectivity index (χ0n) is 12.1. The summed E-state index contributed by atoms with van der Waals surface area (Å²) < 4.78 is 6.60. The molecule has 0 aliphatic rings. The van der Waals surface area contributed by atoms with Crippen molar-refractivity contribution in [1.29, 1.82) is 0 Å². The molecule has 0 N–H and O–H groups in total. The lowest BCUT2D eigenvalue weighted by atomic mass is 10.1. The molecule has 0 aliphatic heterocycles. The van der Waals surface area contributed by atoms with Gasteiger partial charge >= 0.3 is 5.97 Å². The number of carbonyl (C=O) groups excluding carboxylic acids is 1. The Morgan fingerprint density at radius 3 is 2.43 bits per heavy atom. The molecule has 0 radical (unpaired) electrons. The number of pyridine rings is 1. The highest BCUT2D eigenvalue weighted by molar-refractivity contribution is 6.30. The fourth-order valence-corrected chi connectivity index (χ4v) is 2.51. The number of rotatable bonds is 3. The summed E-state index contributed by atoms with van der Waals surface area (Å²) in [4.78, 5) is 24.0. The van der Waals surface area contributed by atoms with Crippen LogP contribution in [0.1, 0.15) is 23.0 Å². The number of ether oxygens (including phenoxy) is 1. The summed E-state index contributed by atoms with van der Waals surface area (Å²) in [5.74, 6) is -0.609. The van der Waals surface area contributed by atoms with Crippen LogP contribution in [-0.4, -0.2) is 17.6 Å². The Kier molecular flexibility index (Phi) is 4.48. The average molecular weight is 306 g/mol. The second kappa shape index (κ2) is 6.14. The molecule has 2 rings (SSSR count). The molecule has 0 saturated heterocycles. The molecule has 2 aromatic rings. The molecule has 1 heterocycles. The van der Waals surface area contributed by atoms with E-state index in [1.165, 1.54) is 13.2 Å². The maximum Gasteiger partial charge on any atom is 0.343 e. The van der Waals surface area contributed by atoms with Gasteiger partial charge in [0.05, 0.1) is 12.8 Å². The third kappa shape index (κ3) is 2.85. The van der Waals surface area contributed by atoms with Gasteiger partial charge in [-0.2, -0.15) is 0 Å². The zero-order valence-corrected chi connectivity index (χ0v) is 12.9. The fourth-order valence-electron chi connectivity index (χ4n) is 2.39. The van der Waals surface area contributed by atoms with Crippen molar-refractivity contribution in [1.82, 2.24) is 4.57 Å². The summed E-state index contributed by atoms with van der Waals surface area (Å²) in [6, 6.07) is 8.70. The van der Waals surface area contributed by atoms with E-state index in [2.05, 4.69) is 4.74 Å². The van der Waals surface area contributed by atoms with Crippen LogP contribution in [0.15, 0.2) is 35.1 Å². The van der Waals surface area contributed by atoms with Crippen molar-refractivity contribution >= 4 is 17.6 Å². The molecular weight excluding hydrogens is 290 g/mol. The first kappa shape index (κ1) is 15.3. The Balaban J connectivity index is 2.71. The second-order valence-corrected chi connectivity index (χ2v) is 5.03. The lowest BCUT2D eigenvalue weighted by Gasteiger charge is -2.17. The molecule has 0 bridgehead atoms.